The summed E-state index contributed by atoms with van der Waals surface area (Å²) < 4.78 is 3.13. The van der Waals surface area contributed by atoms with Crippen LogP contribution in [-0.2, 0) is 13.1 Å². The van der Waals surface area contributed by atoms with Gasteiger partial charge in [0.15, 0.2) is 0 Å². The number of nitrogens with zero attached hydrogens (tertiary/aromatic N) is 2. The van der Waals surface area contributed by atoms with Crippen LogP contribution in [0.1, 0.15) is 10.4 Å². The van der Waals surface area contributed by atoms with Gasteiger partial charge in [0.05, 0.1) is 12.7 Å². The number of aromatic nitrogens is 2. The van der Waals surface area contributed by atoms with Gasteiger partial charge < -0.3 is 5.32 Å². The minimum atomic E-state index is 0.917. The molecule has 0 bridgehead atoms. The highest BCUT2D eigenvalue weighted by atomic mass is 79.9. The van der Waals surface area contributed by atoms with Crippen molar-refractivity contribution >= 4 is 27.3 Å². The molecule has 5 heteroatoms. The van der Waals surface area contributed by atoms with Crippen molar-refractivity contribution in [2.75, 3.05) is 6.54 Å². The summed E-state index contributed by atoms with van der Waals surface area (Å²) in [5.41, 5.74) is 1.21. The van der Waals surface area contributed by atoms with Crippen LogP contribution >= 0.6 is 27.3 Å². The highest BCUT2D eigenvalue weighted by Crippen LogP contribution is 2.19. The van der Waals surface area contributed by atoms with E-state index in [2.05, 4.69) is 50.9 Å². The van der Waals surface area contributed by atoms with Gasteiger partial charge in [-0.15, -0.1) is 11.3 Å². The minimum Gasteiger partial charge on any atom is -0.310 e. The average Bonchev–Trinajstić information content (AvgIpc) is 2.83. The second kappa shape index (κ2) is 5.61. The summed E-state index contributed by atoms with van der Waals surface area (Å²) in [6.45, 7) is 4.84. The SMILES string of the molecule is Cc1cnn(CCNCc2cc(Br)cs2)c1. The molecule has 0 unspecified atom stereocenters. The number of halogens is 1. The first-order valence-electron chi connectivity index (χ1n) is 5.17. The Morgan fingerprint density at radius 2 is 2.44 bits per heavy atom. The number of hydrogen-bond acceptors (Lipinski definition) is 3. The van der Waals surface area contributed by atoms with Crippen molar-refractivity contribution in [3.63, 3.8) is 0 Å². The Kier molecular flexibility index (Phi) is 4.15. The Labute approximate surface area is 108 Å². The molecule has 2 aromatic rings. The van der Waals surface area contributed by atoms with Gasteiger partial charge >= 0.3 is 0 Å². The van der Waals surface area contributed by atoms with Crippen molar-refractivity contribution in [1.29, 1.82) is 0 Å². The largest absolute Gasteiger partial charge is 0.310 e. The van der Waals surface area contributed by atoms with Crippen LogP contribution in [-0.4, -0.2) is 16.3 Å². The molecule has 0 aromatic carbocycles. The van der Waals surface area contributed by atoms with Crippen molar-refractivity contribution in [2.24, 2.45) is 0 Å². The fourth-order valence-corrected chi connectivity index (χ4v) is 2.86. The third-order valence-electron chi connectivity index (χ3n) is 2.20. The lowest BCUT2D eigenvalue weighted by Gasteiger charge is -2.03. The molecule has 0 radical (unpaired) electrons. The summed E-state index contributed by atoms with van der Waals surface area (Å²) in [4.78, 5) is 1.35. The van der Waals surface area contributed by atoms with Crippen LogP contribution in [0.5, 0.6) is 0 Å². The van der Waals surface area contributed by atoms with E-state index in [1.165, 1.54) is 10.4 Å². The lowest BCUT2D eigenvalue weighted by Crippen LogP contribution is -2.19. The molecular formula is C11H14BrN3S. The van der Waals surface area contributed by atoms with Crippen LogP contribution in [0.4, 0.5) is 0 Å². The van der Waals surface area contributed by atoms with E-state index >= 15 is 0 Å². The number of aryl methyl sites for hydroxylation is 1. The van der Waals surface area contributed by atoms with E-state index in [4.69, 9.17) is 0 Å². The topological polar surface area (TPSA) is 29.9 Å². The molecule has 0 atom stereocenters. The van der Waals surface area contributed by atoms with Gasteiger partial charge in [-0.3, -0.25) is 4.68 Å². The first-order valence-corrected chi connectivity index (χ1v) is 6.84. The van der Waals surface area contributed by atoms with E-state index in [1.54, 1.807) is 11.3 Å². The van der Waals surface area contributed by atoms with Crippen molar-refractivity contribution in [3.8, 4) is 0 Å². The minimum absolute atomic E-state index is 0.917. The third kappa shape index (κ3) is 3.43. The number of hydrogen-bond donors (Lipinski definition) is 1. The predicted octanol–water partition coefficient (Wildman–Crippen LogP) is 2.81. The lowest BCUT2D eigenvalue weighted by molar-refractivity contribution is 0.556. The maximum Gasteiger partial charge on any atom is 0.0534 e. The van der Waals surface area contributed by atoms with Crippen molar-refractivity contribution in [3.05, 3.63) is 38.8 Å². The summed E-state index contributed by atoms with van der Waals surface area (Å²) >= 11 is 5.22. The van der Waals surface area contributed by atoms with Crippen molar-refractivity contribution in [1.82, 2.24) is 15.1 Å². The van der Waals surface area contributed by atoms with Gasteiger partial charge in [-0.2, -0.15) is 5.10 Å². The van der Waals surface area contributed by atoms with E-state index < -0.39 is 0 Å². The molecule has 1 N–H and O–H groups in total. The molecule has 2 heterocycles. The van der Waals surface area contributed by atoms with E-state index in [0.29, 0.717) is 0 Å². The Balaban J connectivity index is 1.69. The second-order valence-electron chi connectivity index (χ2n) is 3.69. The Hall–Kier alpha value is -0.650. The Morgan fingerprint density at radius 3 is 3.06 bits per heavy atom. The summed E-state index contributed by atoms with van der Waals surface area (Å²) in [7, 11) is 0. The molecule has 3 nitrogen and oxygen atoms in total. The number of nitrogens with one attached hydrogen (secondary N) is 1. The summed E-state index contributed by atoms with van der Waals surface area (Å²) in [5, 5.41) is 9.74. The highest BCUT2D eigenvalue weighted by molar-refractivity contribution is 9.10. The fourth-order valence-electron chi connectivity index (χ4n) is 1.44. The second-order valence-corrected chi connectivity index (χ2v) is 5.60. The van der Waals surface area contributed by atoms with Gasteiger partial charge in [0.1, 0.15) is 0 Å². The first kappa shape index (κ1) is 11.8. The van der Waals surface area contributed by atoms with Crippen LogP contribution in [0.15, 0.2) is 28.3 Å². The molecule has 0 fully saturated rings. The van der Waals surface area contributed by atoms with Gasteiger partial charge in [-0.1, -0.05) is 0 Å². The van der Waals surface area contributed by atoms with Crippen LogP contribution in [0, 0.1) is 6.92 Å². The molecule has 0 amide bonds. The smallest absolute Gasteiger partial charge is 0.0534 e. The molecule has 0 aliphatic heterocycles. The zero-order valence-corrected chi connectivity index (χ0v) is 11.5. The van der Waals surface area contributed by atoms with Crippen LogP contribution in [0.25, 0.3) is 0 Å². The van der Waals surface area contributed by atoms with Gasteiger partial charge in [0.25, 0.3) is 0 Å². The standard InChI is InChI=1S/C11H14BrN3S/c1-9-5-14-15(7-9)3-2-13-6-11-4-10(12)8-16-11/h4-5,7-8,13H,2-3,6H2,1H3. The van der Waals surface area contributed by atoms with Crippen LogP contribution in [0.3, 0.4) is 0 Å². The van der Waals surface area contributed by atoms with E-state index in [9.17, 15) is 0 Å². The Morgan fingerprint density at radius 1 is 1.56 bits per heavy atom. The lowest BCUT2D eigenvalue weighted by atomic mass is 10.4. The molecule has 0 aliphatic carbocycles. The van der Waals surface area contributed by atoms with Crippen LogP contribution in [0.2, 0.25) is 0 Å². The normalized spacial score (nSPS) is 10.9. The molecule has 16 heavy (non-hydrogen) atoms. The van der Waals surface area contributed by atoms with Gasteiger partial charge in [0, 0.05) is 34.0 Å². The zero-order valence-electron chi connectivity index (χ0n) is 9.11. The number of thiophene rings is 1. The highest BCUT2D eigenvalue weighted by Gasteiger charge is 1.97. The molecule has 0 aliphatic rings. The van der Waals surface area contributed by atoms with Gasteiger partial charge in [-0.05, 0) is 34.5 Å². The fraction of sp³-hybridized carbons (Fsp3) is 0.364. The van der Waals surface area contributed by atoms with Gasteiger partial charge in [-0.25, -0.2) is 0 Å². The molecular weight excluding hydrogens is 286 g/mol. The Bertz CT molecular complexity index is 407. The van der Waals surface area contributed by atoms with Crippen LogP contribution < -0.4 is 5.32 Å². The van der Waals surface area contributed by atoms with E-state index in [0.717, 1.165) is 24.1 Å². The summed E-state index contributed by atoms with van der Waals surface area (Å²) in [6.07, 6.45) is 3.94. The predicted molar refractivity (Wildman–Crippen MR) is 70.7 cm³/mol. The maximum atomic E-state index is 4.24. The monoisotopic (exact) mass is 299 g/mol. The summed E-state index contributed by atoms with van der Waals surface area (Å²) in [5.74, 6) is 0. The van der Waals surface area contributed by atoms with Crippen molar-refractivity contribution < 1.29 is 0 Å². The summed E-state index contributed by atoms with van der Waals surface area (Å²) in [6, 6.07) is 2.15. The molecule has 0 saturated heterocycles. The van der Waals surface area contributed by atoms with Crippen molar-refractivity contribution in [2.45, 2.75) is 20.0 Å². The number of rotatable bonds is 5. The quantitative estimate of drug-likeness (QED) is 0.861. The van der Waals surface area contributed by atoms with E-state index in [-0.39, 0.29) is 0 Å². The zero-order chi connectivity index (χ0) is 11.4. The molecule has 86 valence electrons. The molecule has 2 rings (SSSR count). The molecule has 0 spiro atoms. The average molecular weight is 300 g/mol. The molecule has 0 saturated carbocycles. The third-order valence-corrected chi connectivity index (χ3v) is 3.90. The van der Waals surface area contributed by atoms with E-state index in [1.807, 2.05) is 10.9 Å². The first-order chi connectivity index (χ1) is 7.74. The van der Waals surface area contributed by atoms with Gasteiger partial charge in [0.2, 0.25) is 0 Å². The molecule has 2 aromatic heterocycles. The maximum absolute atomic E-state index is 4.24.